The van der Waals surface area contributed by atoms with Crippen molar-refractivity contribution < 1.29 is 9.53 Å². The third-order valence-corrected chi connectivity index (χ3v) is 5.29. The van der Waals surface area contributed by atoms with Gasteiger partial charge in [-0.1, -0.05) is 43.4 Å². The molecule has 0 aromatic carbocycles. The topological polar surface area (TPSA) is 26.3 Å². The average molecular weight is 366 g/mol. The first-order chi connectivity index (χ1) is 8.31. The quantitative estimate of drug-likeness (QED) is 0.380. The summed E-state index contributed by atoms with van der Waals surface area (Å²) in [5.74, 6) is 0.662. The van der Waals surface area contributed by atoms with Crippen LogP contribution in [0.3, 0.4) is 0 Å². The van der Waals surface area contributed by atoms with Crippen molar-refractivity contribution in [3.8, 4) is 0 Å². The summed E-state index contributed by atoms with van der Waals surface area (Å²) >= 11 is 2.23. The van der Waals surface area contributed by atoms with Gasteiger partial charge in [-0.15, -0.1) is 0 Å². The Labute approximate surface area is 125 Å². The van der Waals surface area contributed by atoms with Crippen LogP contribution in [0.1, 0.15) is 72.6 Å². The molecular weight excluding hydrogens is 339 g/mol. The molecule has 3 heteroatoms. The largest absolute Gasteiger partial charge is 0.458 e. The minimum absolute atomic E-state index is 0.0174. The SMILES string of the molecule is CCC(C)(I)C(=O)OC1(CCC(C)C)CCCC1. The number of rotatable bonds is 6. The van der Waals surface area contributed by atoms with Crippen LogP contribution in [0.15, 0.2) is 0 Å². The lowest BCUT2D eigenvalue weighted by molar-refractivity contribution is -0.162. The monoisotopic (exact) mass is 366 g/mol. The summed E-state index contributed by atoms with van der Waals surface area (Å²) < 4.78 is 5.59. The minimum atomic E-state index is -0.370. The molecule has 18 heavy (non-hydrogen) atoms. The zero-order valence-corrected chi connectivity index (χ0v) is 14.4. The molecule has 106 valence electrons. The van der Waals surface area contributed by atoms with Gasteiger partial charge < -0.3 is 4.74 Å². The van der Waals surface area contributed by atoms with Crippen LogP contribution in [-0.4, -0.2) is 15.0 Å². The number of carbonyl (C=O) groups is 1. The van der Waals surface area contributed by atoms with Crippen LogP contribution in [0.25, 0.3) is 0 Å². The molecule has 0 aliphatic heterocycles. The molecule has 0 aromatic rings. The van der Waals surface area contributed by atoms with E-state index in [2.05, 4.69) is 36.4 Å². The van der Waals surface area contributed by atoms with E-state index >= 15 is 0 Å². The molecule has 1 unspecified atom stereocenters. The van der Waals surface area contributed by atoms with Crippen LogP contribution in [0.5, 0.6) is 0 Å². The maximum Gasteiger partial charge on any atom is 0.322 e. The molecule has 1 aliphatic carbocycles. The van der Waals surface area contributed by atoms with Gasteiger partial charge in [0.25, 0.3) is 0 Å². The molecule has 0 N–H and O–H groups in total. The van der Waals surface area contributed by atoms with Gasteiger partial charge in [-0.05, 0) is 57.8 Å². The summed E-state index contributed by atoms with van der Waals surface area (Å²) in [5, 5.41) is 0. The van der Waals surface area contributed by atoms with E-state index in [4.69, 9.17) is 4.74 Å². The maximum absolute atomic E-state index is 12.3. The van der Waals surface area contributed by atoms with Gasteiger partial charge in [-0.2, -0.15) is 0 Å². The van der Waals surface area contributed by atoms with Crippen molar-refractivity contribution in [2.75, 3.05) is 0 Å². The number of ether oxygens (including phenoxy) is 1. The summed E-state index contributed by atoms with van der Waals surface area (Å²) in [6.45, 7) is 8.49. The normalized spacial score (nSPS) is 21.9. The van der Waals surface area contributed by atoms with Gasteiger partial charge >= 0.3 is 5.97 Å². The molecule has 0 aromatic heterocycles. The van der Waals surface area contributed by atoms with Gasteiger partial charge in [0.2, 0.25) is 0 Å². The first-order valence-electron chi connectivity index (χ1n) is 7.24. The zero-order valence-electron chi connectivity index (χ0n) is 12.2. The molecule has 1 rings (SSSR count). The van der Waals surface area contributed by atoms with Gasteiger partial charge in [0, 0.05) is 0 Å². The van der Waals surface area contributed by atoms with E-state index in [-0.39, 0.29) is 15.0 Å². The first kappa shape index (κ1) is 16.3. The number of alkyl halides is 1. The van der Waals surface area contributed by atoms with Gasteiger partial charge in [0.15, 0.2) is 0 Å². The molecule has 1 fully saturated rings. The van der Waals surface area contributed by atoms with E-state index in [9.17, 15) is 4.79 Å². The second kappa shape index (κ2) is 6.58. The van der Waals surface area contributed by atoms with Gasteiger partial charge in [-0.25, -0.2) is 0 Å². The Bertz CT molecular complexity index is 278. The Kier molecular flexibility index (Phi) is 5.94. The summed E-state index contributed by atoms with van der Waals surface area (Å²) in [6, 6.07) is 0. The summed E-state index contributed by atoms with van der Waals surface area (Å²) in [7, 11) is 0. The zero-order chi connectivity index (χ0) is 13.8. The van der Waals surface area contributed by atoms with Gasteiger partial charge in [0.05, 0.1) is 0 Å². The number of halogens is 1. The molecule has 0 bridgehead atoms. The van der Waals surface area contributed by atoms with Crippen molar-refractivity contribution in [3.05, 3.63) is 0 Å². The van der Waals surface area contributed by atoms with Crippen molar-refractivity contribution in [3.63, 3.8) is 0 Å². The Morgan fingerprint density at radius 3 is 2.39 bits per heavy atom. The molecule has 2 nitrogen and oxygen atoms in total. The molecule has 0 radical (unpaired) electrons. The summed E-state index contributed by atoms with van der Waals surface area (Å²) in [5.41, 5.74) is -0.150. The minimum Gasteiger partial charge on any atom is -0.458 e. The Morgan fingerprint density at radius 2 is 1.94 bits per heavy atom. The fourth-order valence-corrected chi connectivity index (χ4v) is 2.53. The molecule has 0 amide bonds. The summed E-state index contributed by atoms with van der Waals surface area (Å²) in [4.78, 5) is 12.3. The fraction of sp³-hybridized carbons (Fsp3) is 0.933. The molecule has 1 saturated carbocycles. The Hall–Kier alpha value is 0.200. The van der Waals surface area contributed by atoms with Crippen LogP contribution < -0.4 is 0 Å². The van der Waals surface area contributed by atoms with Crippen molar-refractivity contribution >= 4 is 28.6 Å². The number of esters is 1. The third-order valence-electron chi connectivity index (χ3n) is 4.09. The predicted molar refractivity (Wildman–Crippen MR) is 84.1 cm³/mol. The number of carbonyl (C=O) groups excluding carboxylic acids is 1. The Morgan fingerprint density at radius 1 is 1.39 bits per heavy atom. The Balaban J connectivity index is 2.65. The molecule has 0 heterocycles. The fourth-order valence-electron chi connectivity index (χ4n) is 2.42. The lowest BCUT2D eigenvalue weighted by Gasteiger charge is -2.33. The number of hydrogen-bond donors (Lipinski definition) is 0. The molecule has 0 saturated heterocycles. The van der Waals surface area contributed by atoms with E-state index in [1.807, 2.05) is 13.8 Å². The van der Waals surface area contributed by atoms with Crippen LogP contribution in [0.4, 0.5) is 0 Å². The molecule has 1 atom stereocenters. The highest BCUT2D eigenvalue weighted by molar-refractivity contribution is 14.1. The lowest BCUT2D eigenvalue weighted by Crippen LogP contribution is -2.39. The van der Waals surface area contributed by atoms with E-state index < -0.39 is 0 Å². The van der Waals surface area contributed by atoms with E-state index in [1.54, 1.807) is 0 Å². The van der Waals surface area contributed by atoms with Crippen LogP contribution >= 0.6 is 22.6 Å². The summed E-state index contributed by atoms with van der Waals surface area (Å²) in [6.07, 6.45) is 7.53. The van der Waals surface area contributed by atoms with Gasteiger partial charge in [0.1, 0.15) is 9.02 Å². The van der Waals surface area contributed by atoms with Gasteiger partial charge in [-0.3, -0.25) is 4.79 Å². The lowest BCUT2D eigenvalue weighted by atomic mass is 9.91. The number of hydrogen-bond acceptors (Lipinski definition) is 2. The molecule has 1 aliphatic rings. The molecule has 0 spiro atoms. The van der Waals surface area contributed by atoms with Crippen molar-refractivity contribution in [2.24, 2.45) is 5.92 Å². The van der Waals surface area contributed by atoms with E-state index in [0.717, 1.165) is 32.1 Å². The average Bonchev–Trinajstić information content (AvgIpc) is 2.75. The highest BCUT2D eigenvalue weighted by Gasteiger charge is 2.41. The van der Waals surface area contributed by atoms with Crippen molar-refractivity contribution in [2.45, 2.75) is 81.7 Å². The van der Waals surface area contributed by atoms with E-state index in [1.165, 1.54) is 12.8 Å². The second-order valence-electron chi connectivity index (χ2n) is 6.26. The van der Waals surface area contributed by atoms with Crippen LogP contribution in [0.2, 0.25) is 0 Å². The third kappa shape index (κ3) is 4.39. The van der Waals surface area contributed by atoms with E-state index in [0.29, 0.717) is 5.92 Å². The standard InChI is InChI=1S/C15H27IO2/c1-5-14(4,16)13(17)18-15(9-6-7-10-15)11-8-12(2)3/h12H,5-11H2,1-4H3. The van der Waals surface area contributed by atoms with Crippen LogP contribution in [-0.2, 0) is 9.53 Å². The highest BCUT2D eigenvalue weighted by Crippen LogP contribution is 2.40. The van der Waals surface area contributed by atoms with Crippen molar-refractivity contribution in [1.29, 1.82) is 0 Å². The predicted octanol–water partition coefficient (Wildman–Crippen LogP) is 4.88. The molecular formula is C15H27IO2. The first-order valence-corrected chi connectivity index (χ1v) is 8.31. The smallest absolute Gasteiger partial charge is 0.322 e. The van der Waals surface area contributed by atoms with Crippen molar-refractivity contribution in [1.82, 2.24) is 0 Å². The van der Waals surface area contributed by atoms with Crippen LogP contribution in [0, 0.1) is 5.92 Å². The second-order valence-corrected chi connectivity index (χ2v) is 8.64. The maximum atomic E-state index is 12.3. The highest BCUT2D eigenvalue weighted by atomic mass is 127.